The fourth-order valence-corrected chi connectivity index (χ4v) is 8.34. The molecule has 0 radical (unpaired) electrons. The van der Waals surface area contributed by atoms with Gasteiger partial charge >= 0.3 is 0 Å². The van der Waals surface area contributed by atoms with Crippen LogP contribution in [0.25, 0.3) is 98.5 Å². The van der Waals surface area contributed by atoms with Crippen LogP contribution in [0.15, 0.2) is 188 Å². The van der Waals surface area contributed by atoms with E-state index in [-0.39, 0.29) is 0 Å². The van der Waals surface area contributed by atoms with Gasteiger partial charge in [-0.25, -0.2) is 15.0 Å². The summed E-state index contributed by atoms with van der Waals surface area (Å²) in [6.45, 7) is 0. The highest BCUT2D eigenvalue weighted by Crippen LogP contribution is 2.41. The van der Waals surface area contributed by atoms with E-state index in [0.717, 1.165) is 27.8 Å². The number of rotatable bonds is 6. The Bertz CT molecular complexity index is 2930. The molecule has 0 aliphatic heterocycles. The molecular formula is C49H31N3S. The molecule has 0 saturated carbocycles. The van der Waals surface area contributed by atoms with Crippen LogP contribution in [0.3, 0.4) is 0 Å². The molecule has 53 heavy (non-hydrogen) atoms. The lowest BCUT2D eigenvalue weighted by atomic mass is 9.97. The van der Waals surface area contributed by atoms with E-state index in [4.69, 9.17) is 15.0 Å². The van der Waals surface area contributed by atoms with E-state index in [1.165, 1.54) is 53.2 Å². The molecular weight excluding hydrogens is 663 g/mol. The Kier molecular flexibility index (Phi) is 7.67. The summed E-state index contributed by atoms with van der Waals surface area (Å²) in [5.41, 5.74) is 9.92. The third kappa shape index (κ3) is 5.85. The maximum Gasteiger partial charge on any atom is 0.164 e. The zero-order valence-electron chi connectivity index (χ0n) is 28.6. The van der Waals surface area contributed by atoms with Crippen molar-refractivity contribution in [2.24, 2.45) is 0 Å². The molecule has 0 spiro atoms. The van der Waals surface area contributed by atoms with Gasteiger partial charge in [0.2, 0.25) is 0 Å². The van der Waals surface area contributed by atoms with Crippen molar-refractivity contribution in [3.8, 4) is 67.5 Å². The lowest BCUT2D eigenvalue weighted by Crippen LogP contribution is -2.00. The molecule has 0 aliphatic carbocycles. The normalized spacial score (nSPS) is 11.4. The predicted octanol–water partition coefficient (Wildman–Crippen LogP) is 13.4. The van der Waals surface area contributed by atoms with Gasteiger partial charge in [-0.3, -0.25) is 0 Å². The van der Waals surface area contributed by atoms with Crippen molar-refractivity contribution < 1.29 is 0 Å². The van der Waals surface area contributed by atoms with Crippen molar-refractivity contribution in [2.45, 2.75) is 0 Å². The van der Waals surface area contributed by atoms with Crippen LogP contribution in [0.1, 0.15) is 0 Å². The number of hydrogen-bond acceptors (Lipinski definition) is 4. The second-order valence-corrected chi connectivity index (χ2v) is 14.3. The van der Waals surface area contributed by atoms with Crippen molar-refractivity contribution in [3.05, 3.63) is 188 Å². The fraction of sp³-hybridized carbons (Fsp3) is 0. The van der Waals surface area contributed by atoms with E-state index in [9.17, 15) is 0 Å². The molecule has 0 unspecified atom stereocenters. The number of fused-ring (bicyclic) bond motifs is 4. The van der Waals surface area contributed by atoms with Gasteiger partial charge in [0.25, 0.3) is 0 Å². The summed E-state index contributed by atoms with van der Waals surface area (Å²) in [6, 6.07) is 66.4. The molecule has 4 heteroatoms. The number of hydrogen-bond donors (Lipinski definition) is 0. The molecule has 8 aromatic carbocycles. The van der Waals surface area contributed by atoms with Crippen LogP contribution in [0.2, 0.25) is 0 Å². The molecule has 10 rings (SSSR count). The minimum atomic E-state index is 0.644. The number of benzene rings is 8. The summed E-state index contributed by atoms with van der Waals surface area (Å²) in [5.74, 6) is 1.96. The van der Waals surface area contributed by atoms with E-state index in [1.807, 2.05) is 18.2 Å². The lowest BCUT2D eigenvalue weighted by Gasteiger charge is -2.11. The summed E-state index contributed by atoms with van der Waals surface area (Å²) in [4.78, 5) is 15.4. The highest BCUT2D eigenvalue weighted by molar-refractivity contribution is 7.26. The zero-order chi connectivity index (χ0) is 35.1. The molecule has 0 N–H and O–H groups in total. The van der Waals surface area contributed by atoms with E-state index in [2.05, 4.69) is 170 Å². The van der Waals surface area contributed by atoms with Gasteiger partial charge in [0, 0.05) is 36.9 Å². The fourth-order valence-electron chi connectivity index (χ4n) is 7.23. The number of aromatic nitrogens is 3. The Morgan fingerprint density at radius 1 is 0.302 bits per heavy atom. The van der Waals surface area contributed by atoms with Crippen molar-refractivity contribution in [3.63, 3.8) is 0 Å². The van der Waals surface area contributed by atoms with Crippen LogP contribution in [0.5, 0.6) is 0 Å². The first-order valence-corrected chi connectivity index (χ1v) is 18.6. The highest BCUT2D eigenvalue weighted by Gasteiger charge is 2.18. The van der Waals surface area contributed by atoms with Crippen LogP contribution < -0.4 is 0 Å². The van der Waals surface area contributed by atoms with Crippen molar-refractivity contribution in [2.75, 3.05) is 0 Å². The Labute approximate surface area is 311 Å². The molecule has 0 bridgehead atoms. The molecule has 2 aromatic heterocycles. The molecule has 0 aliphatic rings. The second-order valence-electron chi connectivity index (χ2n) is 13.3. The first-order chi connectivity index (χ1) is 26.2. The Morgan fingerprint density at radius 2 is 0.830 bits per heavy atom. The Balaban J connectivity index is 1.08. The summed E-state index contributed by atoms with van der Waals surface area (Å²) in [6.07, 6.45) is 0. The smallest absolute Gasteiger partial charge is 0.164 e. The largest absolute Gasteiger partial charge is 0.208 e. The molecule has 0 amide bonds. The van der Waals surface area contributed by atoms with Crippen LogP contribution in [-0.2, 0) is 0 Å². The Hall–Kier alpha value is -6.75. The first-order valence-electron chi connectivity index (χ1n) is 17.8. The molecule has 248 valence electrons. The van der Waals surface area contributed by atoms with Gasteiger partial charge in [-0.05, 0) is 74.5 Å². The molecule has 3 nitrogen and oxygen atoms in total. The average Bonchev–Trinajstić information content (AvgIpc) is 3.62. The van der Waals surface area contributed by atoms with E-state index in [1.54, 1.807) is 11.3 Å². The number of thiophene rings is 1. The summed E-state index contributed by atoms with van der Waals surface area (Å²) in [5, 5.41) is 4.87. The zero-order valence-corrected chi connectivity index (χ0v) is 29.5. The SMILES string of the molecule is c1ccc(-c2ccc3sc4cccc(-c5nc(-c6ccccc6)nc(-c6cccc(-c7ccc(-c8ccc9ccccc9c8)cc7)c6)n5)c4c3c2)cc1. The number of nitrogens with zero attached hydrogens (tertiary/aromatic N) is 3. The van der Waals surface area contributed by atoms with Gasteiger partial charge in [0.05, 0.1) is 0 Å². The summed E-state index contributed by atoms with van der Waals surface area (Å²) >= 11 is 1.80. The molecule has 2 heterocycles. The van der Waals surface area contributed by atoms with Gasteiger partial charge in [-0.2, -0.15) is 0 Å². The first kappa shape index (κ1) is 31.0. The quantitative estimate of drug-likeness (QED) is 0.174. The van der Waals surface area contributed by atoms with Crippen molar-refractivity contribution in [1.82, 2.24) is 15.0 Å². The topological polar surface area (TPSA) is 38.7 Å². The predicted molar refractivity (Wildman–Crippen MR) is 223 cm³/mol. The third-order valence-electron chi connectivity index (χ3n) is 9.93. The lowest BCUT2D eigenvalue weighted by molar-refractivity contribution is 1.08. The van der Waals surface area contributed by atoms with Crippen LogP contribution in [-0.4, -0.2) is 15.0 Å². The molecule has 0 saturated heterocycles. The minimum Gasteiger partial charge on any atom is -0.208 e. The van der Waals surface area contributed by atoms with Crippen LogP contribution in [0, 0.1) is 0 Å². The standard InChI is InChI=1S/C49H31N3S/c1-3-11-32(12-4-1)40-27-28-44-43(31-40)46-42(19-10-20-45(46)53-44)49-51-47(36-14-5-2-6-15-36)50-48(52-49)41-18-9-17-38(30-41)34-21-23-35(24-22-34)39-26-25-33-13-7-8-16-37(33)29-39/h1-31H. The minimum absolute atomic E-state index is 0.644. The summed E-state index contributed by atoms with van der Waals surface area (Å²) in [7, 11) is 0. The maximum atomic E-state index is 5.21. The van der Waals surface area contributed by atoms with Gasteiger partial charge in [0.1, 0.15) is 0 Å². The average molecular weight is 694 g/mol. The van der Waals surface area contributed by atoms with Crippen molar-refractivity contribution >= 4 is 42.3 Å². The molecule has 0 fully saturated rings. The monoisotopic (exact) mass is 693 g/mol. The van der Waals surface area contributed by atoms with Gasteiger partial charge in [0.15, 0.2) is 17.5 Å². The third-order valence-corrected chi connectivity index (χ3v) is 11.1. The van der Waals surface area contributed by atoms with Gasteiger partial charge in [-0.1, -0.05) is 158 Å². The second kappa shape index (κ2) is 13.1. The van der Waals surface area contributed by atoms with E-state index in [0.29, 0.717) is 17.5 Å². The summed E-state index contributed by atoms with van der Waals surface area (Å²) < 4.78 is 2.45. The maximum absolute atomic E-state index is 5.21. The van der Waals surface area contributed by atoms with Gasteiger partial charge < -0.3 is 0 Å². The van der Waals surface area contributed by atoms with Crippen LogP contribution in [0.4, 0.5) is 0 Å². The molecule has 10 aromatic rings. The van der Waals surface area contributed by atoms with Crippen LogP contribution >= 0.6 is 11.3 Å². The van der Waals surface area contributed by atoms with E-state index < -0.39 is 0 Å². The van der Waals surface area contributed by atoms with Gasteiger partial charge in [-0.15, -0.1) is 11.3 Å². The van der Waals surface area contributed by atoms with Crippen molar-refractivity contribution in [1.29, 1.82) is 0 Å². The Morgan fingerprint density at radius 3 is 1.60 bits per heavy atom. The highest BCUT2D eigenvalue weighted by atomic mass is 32.1. The van der Waals surface area contributed by atoms with E-state index >= 15 is 0 Å². The molecule has 0 atom stereocenters.